The van der Waals surface area contributed by atoms with Gasteiger partial charge in [-0.05, 0) is 44.9 Å². The van der Waals surface area contributed by atoms with Crippen molar-refractivity contribution in [2.24, 2.45) is 0 Å². The maximum absolute atomic E-state index is 12.3. The van der Waals surface area contributed by atoms with E-state index in [9.17, 15) is 4.79 Å². The summed E-state index contributed by atoms with van der Waals surface area (Å²) in [6.07, 6.45) is 0.779. The summed E-state index contributed by atoms with van der Waals surface area (Å²) in [5, 5.41) is 10.2. The van der Waals surface area contributed by atoms with Crippen molar-refractivity contribution in [1.82, 2.24) is 20.4 Å². The highest BCUT2D eigenvalue weighted by Gasteiger charge is 2.33. The van der Waals surface area contributed by atoms with Crippen LogP contribution in [0.15, 0.2) is 24.3 Å². The molecule has 2 N–H and O–H groups in total. The van der Waals surface area contributed by atoms with Crippen molar-refractivity contribution >= 4 is 6.03 Å². The molecule has 3 rings (SSSR count). The minimum atomic E-state index is -0.0406. The maximum atomic E-state index is 12.3. The summed E-state index contributed by atoms with van der Waals surface area (Å²) in [5.74, 6) is 0.940. The van der Waals surface area contributed by atoms with Crippen molar-refractivity contribution in [2.75, 3.05) is 13.1 Å². The molecule has 0 radical (unpaired) electrons. The molecule has 1 unspecified atom stereocenters. The van der Waals surface area contributed by atoms with Crippen molar-refractivity contribution in [3.05, 3.63) is 46.8 Å². The fraction of sp³-hybridized carbons (Fsp3) is 0.474. The topological polar surface area (TPSA) is 70.2 Å². The Labute approximate surface area is 148 Å². The number of aromatic amines is 1. The fourth-order valence-electron chi connectivity index (χ4n) is 3.08. The minimum Gasteiger partial charge on any atom is -0.486 e. The number of amides is 2. The molecule has 134 valence electrons. The van der Waals surface area contributed by atoms with Crippen LogP contribution in [0.25, 0.3) is 0 Å². The van der Waals surface area contributed by atoms with Gasteiger partial charge in [0.1, 0.15) is 11.9 Å². The second-order valence-electron chi connectivity index (χ2n) is 6.96. The van der Waals surface area contributed by atoms with Gasteiger partial charge >= 0.3 is 6.03 Å². The predicted octanol–water partition coefficient (Wildman–Crippen LogP) is 2.74. The van der Waals surface area contributed by atoms with E-state index in [4.69, 9.17) is 4.74 Å². The van der Waals surface area contributed by atoms with E-state index in [1.807, 2.05) is 52.0 Å². The summed E-state index contributed by atoms with van der Waals surface area (Å²) < 4.78 is 6.06. The number of aryl methyl sites for hydroxylation is 3. The van der Waals surface area contributed by atoms with Crippen LogP contribution in [0, 0.1) is 20.8 Å². The van der Waals surface area contributed by atoms with Crippen LogP contribution in [-0.2, 0) is 6.42 Å². The van der Waals surface area contributed by atoms with Gasteiger partial charge in [0.15, 0.2) is 0 Å². The highest BCUT2D eigenvalue weighted by molar-refractivity contribution is 5.75. The number of carbonyl (C=O) groups excluding carboxylic acids is 1. The zero-order valence-electron chi connectivity index (χ0n) is 15.3. The van der Waals surface area contributed by atoms with E-state index in [1.54, 1.807) is 4.90 Å². The number of likely N-dealkylation sites (tertiary alicyclic amines) is 1. The quantitative estimate of drug-likeness (QED) is 0.878. The summed E-state index contributed by atoms with van der Waals surface area (Å²) in [4.78, 5) is 14.1. The Bertz CT molecular complexity index is 729. The van der Waals surface area contributed by atoms with Crippen LogP contribution in [0.1, 0.15) is 29.4 Å². The first-order valence-electron chi connectivity index (χ1n) is 8.71. The van der Waals surface area contributed by atoms with Crippen molar-refractivity contribution in [3.8, 4) is 5.75 Å². The molecule has 2 heterocycles. The molecule has 25 heavy (non-hydrogen) atoms. The van der Waals surface area contributed by atoms with Crippen LogP contribution >= 0.6 is 0 Å². The monoisotopic (exact) mass is 342 g/mol. The van der Waals surface area contributed by atoms with Crippen LogP contribution in [-0.4, -0.2) is 46.4 Å². The number of benzene rings is 1. The molecule has 2 aromatic rings. The van der Waals surface area contributed by atoms with Crippen LogP contribution in [0.4, 0.5) is 4.79 Å². The molecule has 1 saturated heterocycles. The fourth-order valence-corrected chi connectivity index (χ4v) is 3.08. The molecule has 6 heteroatoms. The number of H-pyrrole nitrogens is 1. The Morgan fingerprint density at radius 3 is 2.64 bits per heavy atom. The molecule has 1 aromatic carbocycles. The van der Waals surface area contributed by atoms with E-state index in [0.717, 1.165) is 28.3 Å². The van der Waals surface area contributed by atoms with Crippen molar-refractivity contribution < 1.29 is 9.53 Å². The van der Waals surface area contributed by atoms with E-state index in [-0.39, 0.29) is 18.2 Å². The first-order chi connectivity index (χ1) is 11.9. The molecule has 0 spiro atoms. The van der Waals surface area contributed by atoms with Gasteiger partial charge in [0, 0.05) is 18.2 Å². The maximum Gasteiger partial charge on any atom is 0.317 e. The number of rotatable bonds is 5. The molecule has 0 aliphatic carbocycles. The zero-order chi connectivity index (χ0) is 18.0. The largest absolute Gasteiger partial charge is 0.486 e. The number of hydrogen-bond acceptors (Lipinski definition) is 3. The average Bonchev–Trinajstić information content (AvgIpc) is 2.89. The van der Waals surface area contributed by atoms with Gasteiger partial charge in [-0.3, -0.25) is 5.10 Å². The Balaban J connectivity index is 1.45. The normalized spacial score (nSPS) is 15.6. The molecular formula is C19H26N4O2. The van der Waals surface area contributed by atoms with Crippen LogP contribution in [0.5, 0.6) is 5.75 Å². The smallest absolute Gasteiger partial charge is 0.317 e. The molecule has 1 aliphatic rings. The van der Waals surface area contributed by atoms with E-state index >= 15 is 0 Å². The number of urea groups is 1. The molecule has 1 atom stereocenters. The van der Waals surface area contributed by atoms with Crippen LogP contribution in [0.2, 0.25) is 0 Å². The van der Waals surface area contributed by atoms with Crippen molar-refractivity contribution in [2.45, 2.75) is 46.3 Å². The molecular weight excluding hydrogens is 316 g/mol. The second kappa shape index (κ2) is 7.17. The molecule has 0 bridgehead atoms. The van der Waals surface area contributed by atoms with Gasteiger partial charge in [0.2, 0.25) is 0 Å². The van der Waals surface area contributed by atoms with Gasteiger partial charge in [0.25, 0.3) is 0 Å². The lowest BCUT2D eigenvalue weighted by molar-refractivity contribution is 0.0427. The summed E-state index contributed by atoms with van der Waals surface area (Å²) in [6, 6.07) is 8.12. The number of nitrogens with one attached hydrogen (secondary N) is 2. The average molecular weight is 342 g/mol. The van der Waals surface area contributed by atoms with Gasteiger partial charge in [-0.25, -0.2) is 4.79 Å². The number of nitrogens with zero attached hydrogens (tertiary/aromatic N) is 2. The van der Waals surface area contributed by atoms with Crippen LogP contribution in [0.3, 0.4) is 0 Å². The van der Waals surface area contributed by atoms with Gasteiger partial charge in [-0.15, -0.1) is 0 Å². The van der Waals surface area contributed by atoms with E-state index in [2.05, 4.69) is 15.5 Å². The third-order valence-electron chi connectivity index (χ3n) is 4.47. The first kappa shape index (κ1) is 17.3. The lowest BCUT2D eigenvalue weighted by atomic mass is 10.1. The zero-order valence-corrected chi connectivity index (χ0v) is 15.3. The SMILES string of the molecule is Cc1cc(CC(C)NC(=O)N2CC(Oc3c(C)cccc3C)C2)n[nH]1. The Morgan fingerprint density at radius 1 is 1.36 bits per heavy atom. The van der Waals surface area contributed by atoms with Crippen LogP contribution < -0.4 is 10.1 Å². The van der Waals surface area contributed by atoms with Gasteiger partial charge in [-0.2, -0.15) is 5.10 Å². The third-order valence-corrected chi connectivity index (χ3v) is 4.47. The highest BCUT2D eigenvalue weighted by Crippen LogP contribution is 2.26. The van der Waals surface area contributed by atoms with Crippen molar-refractivity contribution in [3.63, 3.8) is 0 Å². The molecule has 2 amide bonds. The van der Waals surface area contributed by atoms with Gasteiger partial charge in [0.05, 0.1) is 18.8 Å². The molecule has 6 nitrogen and oxygen atoms in total. The van der Waals surface area contributed by atoms with E-state index in [1.165, 1.54) is 0 Å². The summed E-state index contributed by atoms with van der Waals surface area (Å²) in [7, 11) is 0. The second-order valence-corrected chi connectivity index (χ2v) is 6.96. The summed E-state index contributed by atoms with van der Waals surface area (Å²) in [6.45, 7) is 9.29. The van der Waals surface area contributed by atoms with E-state index in [0.29, 0.717) is 19.5 Å². The molecule has 1 aliphatic heterocycles. The molecule has 1 aromatic heterocycles. The van der Waals surface area contributed by atoms with Gasteiger partial charge < -0.3 is 15.0 Å². The summed E-state index contributed by atoms with van der Waals surface area (Å²) >= 11 is 0. The molecule has 1 fully saturated rings. The summed E-state index contributed by atoms with van der Waals surface area (Å²) in [5.41, 5.74) is 4.25. The number of carbonyl (C=O) groups is 1. The Hall–Kier alpha value is -2.50. The number of ether oxygens (including phenoxy) is 1. The molecule has 0 saturated carbocycles. The first-order valence-corrected chi connectivity index (χ1v) is 8.71. The third kappa shape index (κ3) is 4.13. The lowest BCUT2D eigenvalue weighted by Gasteiger charge is -2.39. The Kier molecular flexibility index (Phi) is 4.97. The van der Waals surface area contributed by atoms with E-state index < -0.39 is 0 Å². The Morgan fingerprint density at radius 2 is 2.04 bits per heavy atom. The minimum absolute atomic E-state index is 0.0359. The predicted molar refractivity (Wildman–Crippen MR) is 96.9 cm³/mol. The van der Waals surface area contributed by atoms with Crippen molar-refractivity contribution in [1.29, 1.82) is 0 Å². The number of hydrogen-bond donors (Lipinski definition) is 2. The standard InChI is InChI=1S/C19H26N4O2/c1-12-6-5-7-13(2)18(12)25-17-10-23(11-17)19(24)20-14(3)8-16-9-15(4)21-22-16/h5-7,9,14,17H,8,10-11H2,1-4H3,(H,20,24)(H,21,22). The lowest BCUT2D eigenvalue weighted by Crippen LogP contribution is -2.60. The van der Waals surface area contributed by atoms with Gasteiger partial charge in [-0.1, -0.05) is 18.2 Å². The highest BCUT2D eigenvalue weighted by atomic mass is 16.5. The number of para-hydroxylation sites is 1. The number of aromatic nitrogens is 2.